The predicted molar refractivity (Wildman–Crippen MR) is 39.5 cm³/mol. The zero-order chi connectivity index (χ0) is 6.85. The predicted octanol–water partition coefficient (Wildman–Crippen LogP) is 1.28. The fourth-order valence-electron chi connectivity index (χ4n) is 0.910. The van der Waals surface area contributed by atoms with Gasteiger partial charge in [-0.1, -0.05) is 6.08 Å². The highest BCUT2D eigenvalue weighted by atomic mass is 32.2. The normalized spacial score (nSPS) is 43.2. The lowest BCUT2D eigenvalue weighted by Crippen LogP contribution is -2.29. The molecule has 1 radical (unpaired) electrons. The fourth-order valence-corrected chi connectivity index (χ4v) is 2.12. The van der Waals surface area contributed by atoms with Crippen LogP contribution in [0, 0.1) is 6.08 Å². The van der Waals surface area contributed by atoms with Gasteiger partial charge in [0.2, 0.25) is 0 Å². The maximum Gasteiger partial charge on any atom is 0.138 e. The topological polar surface area (TPSA) is 23.1 Å². The van der Waals surface area contributed by atoms with E-state index < -0.39 is 11.2 Å². The molecule has 9 heavy (non-hydrogen) atoms. The molecule has 0 amide bonds. The van der Waals surface area contributed by atoms with Gasteiger partial charge in [0, 0.05) is 12.5 Å². The van der Waals surface area contributed by atoms with Crippen molar-refractivity contribution in [3.63, 3.8) is 0 Å². The molecule has 0 saturated carbocycles. The van der Waals surface area contributed by atoms with Crippen molar-refractivity contribution in [2.24, 2.45) is 0 Å². The second-order valence-electron chi connectivity index (χ2n) is 2.39. The van der Waals surface area contributed by atoms with E-state index in [1.807, 2.05) is 19.9 Å². The molecule has 1 heterocycles. The van der Waals surface area contributed by atoms with Crippen LogP contribution in [0.1, 0.15) is 20.3 Å². The molecular formula is C7H11OS. The molecule has 0 saturated heterocycles. The maximum absolute atomic E-state index is 11.2. The van der Waals surface area contributed by atoms with Gasteiger partial charge in [-0.15, -0.1) is 0 Å². The highest BCUT2D eigenvalue weighted by Gasteiger charge is 2.24. The molecule has 0 fully saturated rings. The van der Waals surface area contributed by atoms with Crippen molar-refractivity contribution in [2.75, 3.05) is 0 Å². The third kappa shape index (κ3) is 1.49. The Morgan fingerprint density at radius 3 is 2.78 bits per heavy atom. The summed E-state index contributed by atoms with van der Waals surface area (Å²) in [5, 5.41) is 0.481. The molecular weight excluding hydrogens is 132 g/mol. The maximum atomic E-state index is 11.2. The molecule has 0 N–H and O–H groups in total. The van der Waals surface area contributed by atoms with Gasteiger partial charge in [-0.3, -0.25) is 0 Å². The highest BCUT2D eigenvalue weighted by molar-refractivity contribution is 7.92. The second-order valence-corrected chi connectivity index (χ2v) is 4.56. The summed E-state index contributed by atoms with van der Waals surface area (Å²) in [6.45, 7) is 3.96. The number of hydrogen-bond acceptors (Lipinski definition) is 1. The van der Waals surface area contributed by atoms with Crippen LogP contribution in [0.15, 0.2) is 6.08 Å². The molecule has 3 atom stereocenters. The quantitative estimate of drug-likeness (QED) is 0.468. The van der Waals surface area contributed by atoms with E-state index in [2.05, 4.69) is 6.08 Å². The summed E-state index contributed by atoms with van der Waals surface area (Å²) in [5.41, 5.74) is 0. The molecule has 0 aromatic rings. The van der Waals surface area contributed by atoms with Gasteiger partial charge >= 0.3 is 0 Å². The van der Waals surface area contributed by atoms with Crippen molar-refractivity contribution in [1.29, 1.82) is 0 Å². The van der Waals surface area contributed by atoms with Crippen molar-refractivity contribution < 1.29 is 4.55 Å². The van der Waals surface area contributed by atoms with Gasteiger partial charge in [0.15, 0.2) is 0 Å². The van der Waals surface area contributed by atoms with Gasteiger partial charge in [-0.25, -0.2) is 0 Å². The molecule has 1 aliphatic rings. The molecule has 1 nitrogen and oxygen atoms in total. The lowest BCUT2D eigenvalue weighted by atomic mass is 10.3. The van der Waals surface area contributed by atoms with Crippen LogP contribution < -0.4 is 0 Å². The number of allylic oxidation sites excluding steroid dienone is 1. The summed E-state index contributed by atoms with van der Waals surface area (Å²) in [4.78, 5) is 0. The Morgan fingerprint density at radius 2 is 2.33 bits per heavy atom. The van der Waals surface area contributed by atoms with Crippen molar-refractivity contribution in [3.8, 4) is 0 Å². The SMILES string of the molecule is CC1[C]=CCC(C)[S+]1[O-]. The minimum atomic E-state index is -0.672. The summed E-state index contributed by atoms with van der Waals surface area (Å²) in [5.74, 6) is 0. The zero-order valence-electron chi connectivity index (χ0n) is 5.76. The Balaban J connectivity index is 2.58. The van der Waals surface area contributed by atoms with Crippen LogP contribution in [0.25, 0.3) is 0 Å². The van der Waals surface area contributed by atoms with E-state index in [0.717, 1.165) is 6.42 Å². The molecule has 1 rings (SSSR count). The van der Waals surface area contributed by atoms with E-state index in [1.165, 1.54) is 0 Å². The number of rotatable bonds is 0. The van der Waals surface area contributed by atoms with Crippen LogP contribution in [-0.4, -0.2) is 15.1 Å². The average molecular weight is 143 g/mol. The third-order valence-electron chi connectivity index (χ3n) is 1.55. The van der Waals surface area contributed by atoms with Gasteiger partial charge in [0.25, 0.3) is 0 Å². The van der Waals surface area contributed by atoms with E-state index in [0.29, 0.717) is 5.25 Å². The van der Waals surface area contributed by atoms with Gasteiger partial charge in [-0.2, -0.15) is 0 Å². The second kappa shape index (κ2) is 2.76. The van der Waals surface area contributed by atoms with Gasteiger partial charge in [0.05, 0.1) is 0 Å². The first-order chi connectivity index (χ1) is 4.22. The van der Waals surface area contributed by atoms with E-state index in [9.17, 15) is 4.55 Å². The van der Waals surface area contributed by atoms with Crippen LogP contribution in [0.3, 0.4) is 0 Å². The van der Waals surface area contributed by atoms with Crippen LogP contribution in [0.4, 0.5) is 0 Å². The van der Waals surface area contributed by atoms with E-state index in [4.69, 9.17) is 0 Å². The van der Waals surface area contributed by atoms with Crippen molar-refractivity contribution in [3.05, 3.63) is 12.2 Å². The first-order valence-electron chi connectivity index (χ1n) is 3.19. The molecule has 2 heteroatoms. The first-order valence-corrected chi connectivity index (χ1v) is 4.46. The smallest absolute Gasteiger partial charge is 0.138 e. The summed E-state index contributed by atoms with van der Waals surface area (Å²) >= 11 is -0.672. The molecule has 0 bridgehead atoms. The summed E-state index contributed by atoms with van der Waals surface area (Å²) < 4.78 is 11.2. The highest BCUT2D eigenvalue weighted by Crippen LogP contribution is 2.18. The largest absolute Gasteiger partial charge is 0.616 e. The van der Waals surface area contributed by atoms with Crippen LogP contribution in [-0.2, 0) is 11.2 Å². The minimum absolute atomic E-state index is 0.147. The lowest BCUT2D eigenvalue weighted by molar-refractivity contribution is 0.573. The Bertz CT molecular complexity index is 122. The molecule has 1 aliphatic heterocycles. The number of hydrogen-bond donors (Lipinski definition) is 0. The van der Waals surface area contributed by atoms with E-state index in [1.54, 1.807) is 0 Å². The zero-order valence-corrected chi connectivity index (χ0v) is 6.57. The first kappa shape index (κ1) is 7.16. The third-order valence-corrected chi connectivity index (χ3v) is 3.37. The van der Waals surface area contributed by atoms with Gasteiger partial charge in [0.1, 0.15) is 10.5 Å². The van der Waals surface area contributed by atoms with Gasteiger partial charge < -0.3 is 4.55 Å². The van der Waals surface area contributed by atoms with Crippen LogP contribution in [0.5, 0.6) is 0 Å². The van der Waals surface area contributed by atoms with E-state index in [-0.39, 0.29) is 5.25 Å². The fraction of sp³-hybridized carbons (Fsp3) is 0.714. The molecule has 0 aromatic carbocycles. The molecule has 0 aromatic heterocycles. The Labute approximate surface area is 59.3 Å². The van der Waals surface area contributed by atoms with Crippen LogP contribution in [0.2, 0.25) is 0 Å². The standard InChI is InChI=1S/C7H11OS/c1-6-4-3-5-7(2)9(6)8/h3,6-7H,4H2,1-2H3. The monoisotopic (exact) mass is 143 g/mol. The molecule has 51 valence electrons. The molecule has 3 unspecified atom stereocenters. The Kier molecular flexibility index (Phi) is 2.19. The minimum Gasteiger partial charge on any atom is -0.616 e. The Morgan fingerprint density at radius 1 is 1.67 bits per heavy atom. The summed E-state index contributed by atoms with van der Waals surface area (Å²) in [7, 11) is 0. The Hall–Kier alpha value is 0.0500. The summed E-state index contributed by atoms with van der Waals surface area (Å²) in [6.07, 6.45) is 5.96. The molecule has 0 aliphatic carbocycles. The summed E-state index contributed by atoms with van der Waals surface area (Å²) in [6, 6.07) is 0. The lowest BCUT2D eigenvalue weighted by Gasteiger charge is -2.23. The van der Waals surface area contributed by atoms with Crippen molar-refractivity contribution in [2.45, 2.75) is 30.8 Å². The van der Waals surface area contributed by atoms with Crippen molar-refractivity contribution in [1.82, 2.24) is 0 Å². The van der Waals surface area contributed by atoms with Crippen LogP contribution >= 0.6 is 0 Å². The van der Waals surface area contributed by atoms with E-state index >= 15 is 0 Å². The van der Waals surface area contributed by atoms with Gasteiger partial charge in [-0.05, 0) is 25.0 Å². The average Bonchev–Trinajstić information content (AvgIpc) is 1.83. The van der Waals surface area contributed by atoms with Crippen molar-refractivity contribution >= 4 is 11.2 Å². The molecule has 0 spiro atoms.